The molecule has 190 valence electrons. The highest BCUT2D eigenvalue weighted by Gasteiger charge is 2.39. The van der Waals surface area contributed by atoms with Crippen molar-refractivity contribution in [1.29, 1.82) is 0 Å². The van der Waals surface area contributed by atoms with E-state index in [0.717, 1.165) is 24.3 Å². The fourth-order valence-electron chi connectivity index (χ4n) is 2.60. The molecule has 0 aliphatic rings. The van der Waals surface area contributed by atoms with Gasteiger partial charge in [-0.15, -0.1) is 0 Å². The quantitative estimate of drug-likeness (QED) is 0.146. The second kappa shape index (κ2) is 11.9. The van der Waals surface area contributed by atoms with Gasteiger partial charge in [-0.05, 0) is 47.6 Å². The second-order valence-corrected chi connectivity index (χ2v) is 8.80. The summed E-state index contributed by atoms with van der Waals surface area (Å²) in [6.45, 7) is -1.41. The topological polar surface area (TPSA) is 53.2 Å². The van der Waals surface area contributed by atoms with Crippen LogP contribution in [0, 0.1) is 0 Å². The van der Waals surface area contributed by atoms with E-state index in [2.05, 4.69) is 23.1 Å². The molecule has 0 spiro atoms. The van der Waals surface area contributed by atoms with Crippen LogP contribution in [0.3, 0.4) is 0 Å². The fraction of sp³-hybridized carbons (Fsp3) is 0.200. The van der Waals surface area contributed by atoms with Gasteiger partial charge in [0.05, 0.1) is 31.6 Å². The lowest BCUT2D eigenvalue weighted by Crippen LogP contribution is -2.48. The monoisotopic (exact) mass is 597 g/mol. The molecule has 0 aliphatic heterocycles. The number of alkyl halides is 6. The number of rotatable bonds is 5. The first-order valence-corrected chi connectivity index (χ1v) is 11.1. The number of carbonyl (C=O) groups excluding carboxylic acids is 1. The smallest absolute Gasteiger partial charge is 0.352 e. The molecule has 0 saturated heterocycles. The summed E-state index contributed by atoms with van der Waals surface area (Å²) in [5, 5.41) is 0.849. The molecule has 1 atom stereocenters. The van der Waals surface area contributed by atoms with Crippen LogP contribution in [0.15, 0.2) is 36.4 Å². The zero-order chi connectivity index (χ0) is 26.6. The largest absolute Gasteiger partial charge is 0.405 e. The second-order valence-electron chi connectivity index (χ2n) is 6.79. The van der Waals surface area contributed by atoms with Gasteiger partial charge in [-0.3, -0.25) is 15.6 Å². The Hall–Kier alpha value is -1.92. The minimum absolute atomic E-state index is 0.0750. The third kappa shape index (κ3) is 8.91. The van der Waals surface area contributed by atoms with Gasteiger partial charge in [0.15, 0.2) is 5.11 Å². The number of benzene rings is 2. The van der Waals surface area contributed by atoms with Gasteiger partial charge in [-0.25, -0.2) is 0 Å². The highest BCUT2D eigenvalue weighted by Crippen LogP contribution is 2.41. The van der Waals surface area contributed by atoms with Crippen molar-refractivity contribution in [2.75, 3.05) is 6.54 Å². The number of thiocarbonyl (C=S) groups is 1. The van der Waals surface area contributed by atoms with Gasteiger partial charge < -0.3 is 5.32 Å². The number of halogens is 10. The highest BCUT2D eigenvalue weighted by molar-refractivity contribution is 7.80. The fourth-order valence-corrected chi connectivity index (χ4v) is 3.61. The lowest BCUT2D eigenvalue weighted by molar-refractivity contribution is -0.139. The summed E-state index contributed by atoms with van der Waals surface area (Å²) in [4.78, 5) is 12.2. The number of nitrogens with one attached hydrogen (secondary N) is 3. The van der Waals surface area contributed by atoms with Crippen molar-refractivity contribution < 1.29 is 31.1 Å². The molecule has 0 heterocycles. The van der Waals surface area contributed by atoms with Crippen molar-refractivity contribution in [1.82, 2.24) is 16.2 Å². The lowest BCUT2D eigenvalue weighted by Gasteiger charge is -2.18. The van der Waals surface area contributed by atoms with Gasteiger partial charge in [-0.1, -0.05) is 64.6 Å². The molecular weight excluding hydrogens is 586 g/mol. The van der Waals surface area contributed by atoms with Gasteiger partial charge in [0.2, 0.25) is 0 Å². The van der Waals surface area contributed by atoms with Crippen molar-refractivity contribution in [3.8, 4) is 0 Å². The normalized spacial score (nSPS) is 13.0. The van der Waals surface area contributed by atoms with Crippen LogP contribution in [0.2, 0.25) is 20.1 Å². The van der Waals surface area contributed by atoms with E-state index < -0.39 is 35.8 Å². The van der Waals surface area contributed by atoms with Crippen LogP contribution in [0.25, 0.3) is 6.08 Å². The molecule has 15 heteroatoms. The third-order valence-corrected chi connectivity index (χ3v) is 5.93. The predicted molar refractivity (Wildman–Crippen MR) is 128 cm³/mol. The highest BCUT2D eigenvalue weighted by atomic mass is 35.5. The molecule has 2 aromatic carbocycles. The van der Waals surface area contributed by atoms with E-state index in [1.54, 1.807) is 0 Å². The molecule has 4 nitrogen and oxygen atoms in total. The summed E-state index contributed by atoms with van der Waals surface area (Å²) in [5.41, 5.74) is 4.00. The summed E-state index contributed by atoms with van der Waals surface area (Å²) in [7, 11) is 0. The number of hydrogen-bond donors (Lipinski definition) is 3. The summed E-state index contributed by atoms with van der Waals surface area (Å²) in [6, 6.07) is 5.86. The van der Waals surface area contributed by atoms with Gasteiger partial charge in [0.1, 0.15) is 6.54 Å². The summed E-state index contributed by atoms with van der Waals surface area (Å²) in [6.07, 6.45) is -7.21. The maximum atomic E-state index is 13.7. The third-order valence-electron chi connectivity index (χ3n) is 4.18. The summed E-state index contributed by atoms with van der Waals surface area (Å²) < 4.78 is 77.4. The molecule has 0 radical (unpaired) electrons. The molecule has 0 aliphatic carbocycles. The Morgan fingerprint density at radius 3 is 2.06 bits per heavy atom. The maximum absolute atomic E-state index is 13.7. The number of hydrogen-bond acceptors (Lipinski definition) is 2. The van der Waals surface area contributed by atoms with Crippen LogP contribution >= 0.6 is 58.6 Å². The molecule has 1 amide bonds. The number of carbonyl (C=O) groups is 1. The van der Waals surface area contributed by atoms with Crippen LogP contribution in [-0.2, 0) is 0 Å². The Bertz CT molecular complexity index is 1120. The van der Waals surface area contributed by atoms with Crippen LogP contribution in [0.4, 0.5) is 26.3 Å². The van der Waals surface area contributed by atoms with E-state index in [9.17, 15) is 31.1 Å². The predicted octanol–water partition coefficient (Wildman–Crippen LogP) is 7.33. The molecule has 35 heavy (non-hydrogen) atoms. The van der Waals surface area contributed by atoms with Crippen LogP contribution in [-0.4, -0.2) is 29.9 Å². The Morgan fingerprint density at radius 2 is 1.54 bits per heavy atom. The van der Waals surface area contributed by atoms with E-state index in [4.69, 9.17) is 46.4 Å². The summed E-state index contributed by atoms with van der Waals surface area (Å²) in [5.74, 6) is -2.92. The van der Waals surface area contributed by atoms with Crippen molar-refractivity contribution in [2.45, 2.75) is 18.3 Å². The molecule has 3 N–H and O–H groups in total. The Kier molecular flexibility index (Phi) is 9.95. The van der Waals surface area contributed by atoms with Gasteiger partial charge >= 0.3 is 12.4 Å². The SMILES string of the molecule is O=C(NNC(=S)NCC(F)(F)F)c1ccc(/C=C/C(c2cc(Cl)c(Cl)c(Cl)c2)C(F)(F)F)cc1Cl. The first-order chi connectivity index (χ1) is 16.1. The number of hydrazine groups is 1. The van der Waals surface area contributed by atoms with E-state index >= 15 is 0 Å². The van der Waals surface area contributed by atoms with E-state index in [-0.39, 0.29) is 36.8 Å². The van der Waals surface area contributed by atoms with E-state index in [1.807, 2.05) is 5.32 Å². The average Bonchev–Trinajstić information content (AvgIpc) is 2.73. The molecule has 0 bridgehead atoms. The average molecular weight is 599 g/mol. The molecule has 1 unspecified atom stereocenters. The van der Waals surface area contributed by atoms with Gasteiger partial charge in [0.25, 0.3) is 5.91 Å². The van der Waals surface area contributed by atoms with Crippen molar-refractivity contribution >= 4 is 75.7 Å². The molecule has 0 saturated carbocycles. The van der Waals surface area contributed by atoms with E-state index in [0.29, 0.717) is 0 Å². The molecular formula is C20H13Cl4F6N3OS. The number of allylic oxidation sites excluding steroid dienone is 1. The molecule has 0 aromatic heterocycles. The molecule has 2 aromatic rings. The first kappa shape index (κ1) is 29.3. The summed E-state index contributed by atoms with van der Waals surface area (Å²) >= 11 is 28.2. The maximum Gasteiger partial charge on any atom is 0.405 e. The molecule has 0 fully saturated rings. The van der Waals surface area contributed by atoms with Crippen LogP contribution < -0.4 is 16.2 Å². The van der Waals surface area contributed by atoms with Crippen molar-refractivity contribution in [3.63, 3.8) is 0 Å². The van der Waals surface area contributed by atoms with E-state index in [1.165, 1.54) is 18.2 Å². The molecule has 2 rings (SSSR count). The Morgan fingerprint density at radius 1 is 0.943 bits per heavy atom. The Labute approximate surface area is 220 Å². The van der Waals surface area contributed by atoms with Crippen LogP contribution in [0.5, 0.6) is 0 Å². The van der Waals surface area contributed by atoms with Crippen LogP contribution in [0.1, 0.15) is 27.4 Å². The Balaban J connectivity index is 2.15. The minimum atomic E-state index is -4.69. The minimum Gasteiger partial charge on any atom is -0.352 e. The van der Waals surface area contributed by atoms with Gasteiger partial charge in [0, 0.05) is 0 Å². The first-order valence-electron chi connectivity index (χ1n) is 9.18. The van der Waals surface area contributed by atoms with Crippen molar-refractivity contribution in [3.05, 3.63) is 73.2 Å². The standard InChI is InChI=1S/C20H13Cl4F6N3OS/c21-13-5-9(1-3-11(13)17(34)32-33-18(35)31-8-19(25,26)27)2-4-12(20(28,29)30)10-6-14(22)16(24)15(23)7-10/h1-7,12H,8H2,(H,32,34)(H2,31,33,35)/b4-2+. The zero-order valence-corrected chi connectivity index (χ0v) is 20.8. The number of amides is 1. The van der Waals surface area contributed by atoms with Gasteiger partial charge in [-0.2, -0.15) is 26.3 Å². The zero-order valence-electron chi connectivity index (χ0n) is 16.9. The lowest BCUT2D eigenvalue weighted by atomic mass is 9.97. The van der Waals surface area contributed by atoms with Crippen molar-refractivity contribution in [2.24, 2.45) is 0 Å².